The van der Waals surface area contributed by atoms with Crippen LogP contribution in [0.4, 0.5) is 11.6 Å². The smallest absolute Gasteiger partial charge is 0.252 e. The first kappa shape index (κ1) is 17.8. The summed E-state index contributed by atoms with van der Waals surface area (Å²) in [6.45, 7) is 2.09. The van der Waals surface area contributed by atoms with Crippen LogP contribution in [0.3, 0.4) is 0 Å². The molecule has 0 aliphatic rings. The van der Waals surface area contributed by atoms with Gasteiger partial charge in [0.1, 0.15) is 24.1 Å². The van der Waals surface area contributed by atoms with Gasteiger partial charge in [-0.1, -0.05) is 0 Å². The number of fused-ring (bicyclic) bond motifs is 1. The van der Waals surface area contributed by atoms with Crippen molar-refractivity contribution >= 4 is 22.7 Å². The molecule has 3 N–H and O–H groups in total. The number of ether oxygens (including phenoxy) is 1. The largest absolute Gasteiger partial charge is 0.491 e. The van der Waals surface area contributed by atoms with Crippen LogP contribution in [0.15, 0.2) is 47.4 Å². The van der Waals surface area contributed by atoms with E-state index >= 15 is 0 Å². The van der Waals surface area contributed by atoms with Crippen molar-refractivity contribution in [2.24, 2.45) is 0 Å². The molecule has 0 amide bonds. The molecular formula is C18H20N4O4. The molecule has 0 radical (unpaired) electrons. The topological polar surface area (TPSA) is 110 Å². The van der Waals surface area contributed by atoms with Crippen LogP contribution in [0, 0.1) is 0 Å². The predicted molar refractivity (Wildman–Crippen MR) is 97.8 cm³/mol. The fourth-order valence-electron chi connectivity index (χ4n) is 2.45. The van der Waals surface area contributed by atoms with Gasteiger partial charge in [-0.15, -0.1) is 0 Å². The first-order valence-corrected chi connectivity index (χ1v) is 8.26. The van der Waals surface area contributed by atoms with Crippen molar-refractivity contribution in [1.29, 1.82) is 0 Å². The zero-order valence-electron chi connectivity index (χ0n) is 14.3. The second-order valence-electron chi connectivity index (χ2n) is 5.69. The van der Waals surface area contributed by atoms with Crippen molar-refractivity contribution < 1.29 is 14.9 Å². The van der Waals surface area contributed by atoms with Crippen LogP contribution in [0.5, 0.6) is 5.75 Å². The lowest BCUT2D eigenvalue weighted by Crippen LogP contribution is -2.21. The summed E-state index contributed by atoms with van der Waals surface area (Å²) in [6, 6.07) is 10.2. The monoisotopic (exact) mass is 356 g/mol. The van der Waals surface area contributed by atoms with Gasteiger partial charge in [-0.3, -0.25) is 9.36 Å². The Kier molecular flexibility index (Phi) is 5.45. The molecule has 0 aliphatic heterocycles. The number of aliphatic hydroxyl groups excluding tert-OH is 2. The van der Waals surface area contributed by atoms with Gasteiger partial charge in [0.25, 0.3) is 5.56 Å². The van der Waals surface area contributed by atoms with Gasteiger partial charge in [0, 0.05) is 29.9 Å². The number of aryl methyl sites for hydroxylation is 1. The molecule has 2 heterocycles. The fourth-order valence-corrected chi connectivity index (χ4v) is 2.45. The van der Waals surface area contributed by atoms with E-state index in [0.29, 0.717) is 23.9 Å². The number of aromatic nitrogens is 3. The van der Waals surface area contributed by atoms with Crippen LogP contribution in [0.2, 0.25) is 0 Å². The van der Waals surface area contributed by atoms with Gasteiger partial charge < -0.3 is 20.3 Å². The zero-order valence-corrected chi connectivity index (χ0v) is 14.3. The minimum Gasteiger partial charge on any atom is -0.491 e. The summed E-state index contributed by atoms with van der Waals surface area (Å²) in [6.07, 6.45) is 0.763. The molecule has 8 heteroatoms. The first-order chi connectivity index (χ1) is 12.6. The average molecular weight is 356 g/mol. The van der Waals surface area contributed by atoms with E-state index in [1.807, 2.05) is 6.92 Å². The van der Waals surface area contributed by atoms with Crippen molar-refractivity contribution in [3.8, 4) is 5.75 Å². The van der Waals surface area contributed by atoms with Crippen molar-refractivity contribution in [3.63, 3.8) is 0 Å². The Hall–Kier alpha value is -2.97. The van der Waals surface area contributed by atoms with Gasteiger partial charge in [0.15, 0.2) is 0 Å². The van der Waals surface area contributed by atoms with Crippen LogP contribution in [-0.2, 0) is 6.54 Å². The molecule has 136 valence electrons. The van der Waals surface area contributed by atoms with E-state index in [1.165, 1.54) is 6.07 Å². The maximum atomic E-state index is 11.9. The summed E-state index contributed by atoms with van der Waals surface area (Å²) in [5.41, 5.74) is 1.23. The van der Waals surface area contributed by atoms with E-state index in [0.717, 1.165) is 11.1 Å². The molecule has 2 aromatic heterocycles. The standard InChI is InChI=1S/C18H20N4O4/c1-2-22-16(25)8-3-12-9-19-18(21-17(12)22)20-13-4-6-15(7-5-13)26-11-14(24)10-23/h3-9,14,23-24H,2,10-11H2,1H3,(H,19,20,21). The highest BCUT2D eigenvalue weighted by molar-refractivity contribution is 5.75. The molecule has 0 bridgehead atoms. The summed E-state index contributed by atoms with van der Waals surface area (Å²) in [5, 5.41) is 21.9. The van der Waals surface area contributed by atoms with Gasteiger partial charge in [-0.25, -0.2) is 4.98 Å². The maximum Gasteiger partial charge on any atom is 0.252 e. The Labute approximate surface area is 149 Å². The van der Waals surface area contributed by atoms with Crippen molar-refractivity contribution in [3.05, 3.63) is 52.9 Å². The van der Waals surface area contributed by atoms with Gasteiger partial charge in [0.05, 0.1) is 6.61 Å². The Bertz CT molecular complexity index is 940. The Morgan fingerprint density at radius 2 is 2.00 bits per heavy atom. The van der Waals surface area contributed by atoms with E-state index in [9.17, 15) is 9.90 Å². The lowest BCUT2D eigenvalue weighted by Gasteiger charge is -2.11. The number of hydrogen-bond donors (Lipinski definition) is 3. The lowest BCUT2D eigenvalue weighted by molar-refractivity contribution is 0.0536. The quantitative estimate of drug-likeness (QED) is 0.585. The van der Waals surface area contributed by atoms with Gasteiger partial charge in [0.2, 0.25) is 5.95 Å². The highest BCUT2D eigenvalue weighted by Gasteiger charge is 2.07. The van der Waals surface area contributed by atoms with E-state index < -0.39 is 6.10 Å². The Morgan fingerprint density at radius 3 is 2.69 bits per heavy atom. The SMILES string of the molecule is CCn1c(=O)ccc2cnc(Nc3ccc(OCC(O)CO)cc3)nc21. The third-order valence-corrected chi connectivity index (χ3v) is 3.80. The molecule has 0 spiro atoms. The van der Waals surface area contributed by atoms with Crippen molar-refractivity contribution in [2.75, 3.05) is 18.5 Å². The molecule has 3 rings (SSSR count). The molecule has 0 fully saturated rings. The van der Waals surface area contributed by atoms with Crippen LogP contribution >= 0.6 is 0 Å². The molecule has 0 saturated heterocycles. The van der Waals surface area contributed by atoms with Crippen LogP contribution < -0.4 is 15.6 Å². The molecular weight excluding hydrogens is 336 g/mol. The van der Waals surface area contributed by atoms with Crippen molar-refractivity contribution in [2.45, 2.75) is 19.6 Å². The number of rotatable bonds is 7. The first-order valence-electron chi connectivity index (χ1n) is 8.26. The molecule has 0 aliphatic carbocycles. The van der Waals surface area contributed by atoms with Crippen molar-refractivity contribution in [1.82, 2.24) is 14.5 Å². The summed E-state index contributed by atoms with van der Waals surface area (Å²) >= 11 is 0. The molecule has 3 aromatic rings. The summed E-state index contributed by atoms with van der Waals surface area (Å²) in [5.74, 6) is 0.956. The minimum absolute atomic E-state index is 0.0195. The maximum absolute atomic E-state index is 11.9. The van der Waals surface area contributed by atoms with Crippen LogP contribution in [-0.4, -0.2) is 44.1 Å². The number of aliphatic hydroxyl groups is 2. The third-order valence-electron chi connectivity index (χ3n) is 3.80. The summed E-state index contributed by atoms with van der Waals surface area (Å²) < 4.78 is 6.95. The number of nitrogens with one attached hydrogen (secondary N) is 1. The summed E-state index contributed by atoms with van der Waals surface area (Å²) in [7, 11) is 0. The van der Waals surface area contributed by atoms with E-state index in [4.69, 9.17) is 9.84 Å². The van der Waals surface area contributed by atoms with Crippen LogP contribution in [0.1, 0.15) is 6.92 Å². The normalized spacial score (nSPS) is 12.1. The predicted octanol–water partition coefficient (Wildman–Crippen LogP) is 1.29. The number of nitrogens with zero attached hydrogens (tertiary/aromatic N) is 3. The zero-order chi connectivity index (χ0) is 18.5. The average Bonchev–Trinajstić information content (AvgIpc) is 2.67. The molecule has 26 heavy (non-hydrogen) atoms. The van der Waals surface area contributed by atoms with E-state index in [2.05, 4.69) is 15.3 Å². The minimum atomic E-state index is -0.907. The van der Waals surface area contributed by atoms with E-state index in [-0.39, 0.29) is 18.8 Å². The highest BCUT2D eigenvalue weighted by Crippen LogP contribution is 2.19. The molecule has 1 aromatic carbocycles. The van der Waals surface area contributed by atoms with Gasteiger partial charge >= 0.3 is 0 Å². The van der Waals surface area contributed by atoms with Gasteiger partial charge in [-0.05, 0) is 37.3 Å². The van der Waals surface area contributed by atoms with Gasteiger partial charge in [-0.2, -0.15) is 4.98 Å². The molecule has 8 nitrogen and oxygen atoms in total. The molecule has 1 unspecified atom stereocenters. The number of pyridine rings is 1. The number of anilines is 2. The Balaban J connectivity index is 1.77. The number of benzene rings is 1. The molecule has 0 saturated carbocycles. The number of hydrogen-bond acceptors (Lipinski definition) is 7. The lowest BCUT2D eigenvalue weighted by atomic mass is 10.3. The Morgan fingerprint density at radius 1 is 1.23 bits per heavy atom. The van der Waals surface area contributed by atoms with Crippen LogP contribution in [0.25, 0.3) is 11.0 Å². The second kappa shape index (κ2) is 7.94. The van der Waals surface area contributed by atoms with E-state index in [1.54, 1.807) is 41.1 Å². The molecule has 1 atom stereocenters. The fraction of sp³-hybridized carbons (Fsp3) is 0.278. The highest BCUT2D eigenvalue weighted by atomic mass is 16.5. The third kappa shape index (κ3) is 3.98. The second-order valence-corrected chi connectivity index (χ2v) is 5.69. The summed E-state index contributed by atoms with van der Waals surface area (Å²) in [4.78, 5) is 20.7.